The molecular weight excluding hydrogens is 160 g/mol. The first kappa shape index (κ1) is 11.3. The molecule has 0 atom stereocenters. The van der Waals surface area contributed by atoms with Gasteiger partial charge in [-0.3, -0.25) is 4.99 Å². The number of hydrogen-bond acceptors (Lipinski definition) is 1. The summed E-state index contributed by atoms with van der Waals surface area (Å²) in [6.07, 6.45) is 0. The molecule has 12 heavy (non-hydrogen) atoms. The van der Waals surface area contributed by atoms with Crippen LogP contribution in [-0.4, -0.2) is 11.6 Å². The van der Waals surface area contributed by atoms with Gasteiger partial charge in [0.1, 0.15) is 5.70 Å². The Kier molecular flexibility index (Phi) is 3.55. The lowest BCUT2D eigenvalue weighted by atomic mass is 10.1. The summed E-state index contributed by atoms with van der Waals surface area (Å²) >= 11 is 0. The lowest BCUT2D eigenvalue weighted by molar-refractivity contribution is 0.0626. The van der Waals surface area contributed by atoms with E-state index >= 15 is 0 Å². The predicted octanol–water partition coefficient (Wildman–Crippen LogP) is 3.27. The summed E-state index contributed by atoms with van der Waals surface area (Å²) in [5, 5.41) is 0. The van der Waals surface area contributed by atoms with E-state index in [1.807, 2.05) is 13.8 Å². The van der Waals surface area contributed by atoms with Crippen LogP contribution in [0.25, 0.3) is 0 Å². The molecule has 0 saturated heterocycles. The summed E-state index contributed by atoms with van der Waals surface area (Å²) in [5.41, 5.74) is 0.315. The number of allylic oxidation sites excluding steroid dienone is 1. The third-order valence-electron chi connectivity index (χ3n) is 1.65. The van der Waals surface area contributed by atoms with Crippen molar-refractivity contribution in [2.75, 3.05) is 0 Å². The van der Waals surface area contributed by atoms with Crippen molar-refractivity contribution in [2.24, 2.45) is 10.9 Å². The average molecular weight is 175 g/mol. The maximum Gasteiger partial charge on any atom is 0.286 e. The van der Waals surface area contributed by atoms with Crippen LogP contribution in [-0.2, 0) is 0 Å². The number of nitrogens with zero attached hydrogens (tertiary/aromatic N) is 1. The summed E-state index contributed by atoms with van der Waals surface area (Å²) in [4.78, 5) is 3.72. The highest BCUT2D eigenvalue weighted by atomic mass is 19.3. The van der Waals surface area contributed by atoms with Crippen LogP contribution in [0.3, 0.4) is 0 Å². The van der Waals surface area contributed by atoms with Gasteiger partial charge in [-0.25, -0.2) is 0 Å². The second-order valence-electron chi connectivity index (χ2n) is 3.24. The third-order valence-corrected chi connectivity index (χ3v) is 1.65. The summed E-state index contributed by atoms with van der Waals surface area (Å²) in [7, 11) is 0. The van der Waals surface area contributed by atoms with Crippen LogP contribution in [0.5, 0.6) is 0 Å². The molecule has 0 spiro atoms. The van der Waals surface area contributed by atoms with Gasteiger partial charge in [0, 0.05) is 12.6 Å². The Balaban J connectivity index is 4.46. The van der Waals surface area contributed by atoms with E-state index in [9.17, 15) is 8.78 Å². The molecular formula is C9H15F2N. The maximum absolute atomic E-state index is 12.5. The molecule has 0 aromatic heterocycles. The Labute approximate surface area is 72.2 Å². The molecule has 0 aliphatic heterocycles. The summed E-state index contributed by atoms with van der Waals surface area (Å²) < 4.78 is 25.1. The fraction of sp³-hybridized carbons (Fsp3) is 0.667. The molecule has 3 heteroatoms. The quantitative estimate of drug-likeness (QED) is 0.584. The topological polar surface area (TPSA) is 12.4 Å². The van der Waals surface area contributed by atoms with E-state index < -0.39 is 5.92 Å². The van der Waals surface area contributed by atoms with E-state index in [0.29, 0.717) is 5.71 Å². The molecule has 0 aromatic carbocycles. The molecule has 1 nitrogen and oxygen atoms in total. The molecule has 0 unspecified atom stereocenters. The van der Waals surface area contributed by atoms with Crippen LogP contribution in [0.4, 0.5) is 8.78 Å². The first-order valence-corrected chi connectivity index (χ1v) is 3.87. The van der Waals surface area contributed by atoms with Crippen molar-refractivity contribution < 1.29 is 8.78 Å². The van der Waals surface area contributed by atoms with Crippen LogP contribution in [0.1, 0.15) is 27.7 Å². The third kappa shape index (κ3) is 3.60. The largest absolute Gasteiger partial charge is 0.286 e. The Morgan fingerprint density at radius 1 is 1.42 bits per heavy atom. The Morgan fingerprint density at radius 2 is 1.83 bits per heavy atom. The number of halogens is 2. The van der Waals surface area contributed by atoms with Gasteiger partial charge in [0.25, 0.3) is 5.92 Å². The lowest BCUT2D eigenvalue weighted by Gasteiger charge is -2.11. The van der Waals surface area contributed by atoms with E-state index in [0.717, 1.165) is 6.92 Å². The van der Waals surface area contributed by atoms with E-state index in [2.05, 4.69) is 11.6 Å². The zero-order chi connectivity index (χ0) is 9.94. The van der Waals surface area contributed by atoms with E-state index in [1.165, 1.54) is 0 Å². The molecule has 0 bridgehead atoms. The molecule has 0 heterocycles. The fourth-order valence-corrected chi connectivity index (χ4v) is 0.440. The molecule has 70 valence electrons. The first-order chi connectivity index (χ1) is 5.25. The number of aliphatic imine (C=N–C) groups is 1. The minimum absolute atomic E-state index is 0.184. The first-order valence-electron chi connectivity index (χ1n) is 3.87. The minimum atomic E-state index is -2.91. The SMILES string of the molecule is C=C(/N=C(\C)C(C)C)C(C)(F)F. The zero-order valence-electron chi connectivity index (χ0n) is 7.99. The van der Waals surface area contributed by atoms with Crippen molar-refractivity contribution in [1.29, 1.82) is 0 Å². The van der Waals surface area contributed by atoms with Crippen molar-refractivity contribution >= 4 is 5.71 Å². The van der Waals surface area contributed by atoms with Gasteiger partial charge in [-0.2, -0.15) is 8.78 Å². The summed E-state index contributed by atoms with van der Waals surface area (Å²) in [6.45, 7) is 9.54. The summed E-state index contributed by atoms with van der Waals surface area (Å²) in [5.74, 6) is -2.72. The van der Waals surface area contributed by atoms with Crippen molar-refractivity contribution in [3.8, 4) is 0 Å². The van der Waals surface area contributed by atoms with Crippen LogP contribution in [0.15, 0.2) is 17.3 Å². The molecule has 0 N–H and O–H groups in total. The Bertz CT molecular complexity index is 199. The van der Waals surface area contributed by atoms with E-state index in [4.69, 9.17) is 0 Å². The Hall–Kier alpha value is -0.730. The van der Waals surface area contributed by atoms with Crippen LogP contribution in [0, 0.1) is 5.92 Å². The van der Waals surface area contributed by atoms with Gasteiger partial charge in [0.05, 0.1) is 0 Å². The van der Waals surface area contributed by atoms with Gasteiger partial charge in [0.2, 0.25) is 0 Å². The van der Waals surface area contributed by atoms with Crippen molar-refractivity contribution in [3.63, 3.8) is 0 Å². The van der Waals surface area contributed by atoms with Gasteiger partial charge >= 0.3 is 0 Å². The smallest absolute Gasteiger partial charge is 0.257 e. The number of hydrogen-bond donors (Lipinski definition) is 0. The molecule has 0 amide bonds. The maximum atomic E-state index is 12.5. The fourth-order valence-electron chi connectivity index (χ4n) is 0.440. The van der Waals surface area contributed by atoms with Crippen LogP contribution >= 0.6 is 0 Å². The van der Waals surface area contributed by atoms with Crippen molar-refractivity contribution in [1.82, 2.24) is 0 Å². The normalized spacial score (nSPS) is 13.8. The minimum Gasteiger partial charge on any atom is -0.257 e. The predicted molar refractivity (Wildman–Crippen MR) is 47.7 cm³/mol. The molecule has 0 radical (unpaired) electrons. The molecule has 0 fully saturated rings. The van der Waals surface area contributed by atoms with Gasteiger partial charge in [-0.15, -0.1) is 0 Å². The molecule has 0 aliphatic carbocycles. The van der Waals surface area contributed by atoms with Gasteiger partial charge < -0.3 is 0 Å². The van der Waals surface area contributed by atoms with Crippen LogP contribution in [0.2, 0.25) is 0 Å². The molecule has 0 aromatic rings. The zero-order valence-corrected chi connectivity index (χ0v) is 7.99. The number of rotatable bonds is 3. The van der Waals surface area contributed by atoms with Crippen molar-refractivity contribution in [3.05, 3.63) is 12.3 Å². The highest BCUT2D eigenvalue weighted by molar-refractivity contribution is 5.84. The van der Waals surface area contributed by atoms with Gasteiger partial charge in [0.15, 0.2) is 0 Å². The summed E-state index contributed by atoms with van der Waals surface area (Å²) in [6, 6.07) is 0. The monoisotopic (exact) mass is 175 g/mol. The van der Waals surface area contributed by atoms with E-state index in [1.54, 1.807) is 6.92 Å². The molecule has 0 rings (SSSR count). The average Bonchev–Trinajstić information content (AvgIpc) is 1.85. The highest BCUT2D eigenvalue weighted by Crippen LogP contribution is 2.22. The number of alkyl halides is 2. The molecule has 0 aliphatic rings. The standard InChI is InChI=1S/C9H15F2N/c1-6(2)7(3)12-8(4)9(5,10)11/h6H,4H2,1-3,5H3/b12-7+. The van der Waals surface area contributed by atoms with Gasteiger partial charge in [-0.1, -0.05) is 20.4 Å². The highest BCUT2D eigenvalue weighted by Gasteiger charge is 2.25. The second-order valence-corrected chi connectivity index (χ2v) is 3.24. The van der Waals surface area contributed by atoms with Crippen LogP contribution < -0.4 is 0 Å². The Morgan fingerprint density at radius 3 is 2.08 bits per heavy atom. The van der Waals surface area contributed by atoms with E-state index in [-0.39, 0.29) is 11.6 Å². The van der Waals surface area contributed by atoms with Gasteiger partial charge in [-0.05, 0) is 12.8 Å². The second kappa shape index (κ2) is 3.78. The van der Waals surface area contributed by atoms with Crippen molar-refractivity contribution in [2.45, 2.75) is 33.6 Å². The lowest BCUT2D eigenvalue weighted by Crippen LogP contribution is -2.13. The molecule has 0 saturated carbocycles.